The van der Waals surface area contributed by atoms with Gasteiger partial charge in [0.15, 0.2) is 0 Å². The van der Waals surface area contributed by atoms with Crippen LogP contribution in [0.3, 0.4) is 0 Å². The van der Waals surface area contributed by atoms with Crippen molar-refractivity contribution in [2.75, 3.05) is 24.5 Å². The number of hydrogen-bond donors (Lipinski definition) is 0. The number of nitriles is 1. The summed E-state index contributed by atoms with van der Waals surface area (Å²) in [5.41, 5.74) is 1.58. The molecule has 0 aliphatic carbocycles. The van der Waals surface area contributed by atoms with Gasteiger partial charge in [-0.25, -0.2) is 0 Å². The van der Waals surface area contributed by atoms with Crippen molar-refractivity contribution in [1.29, 1.82) is 5.26 Å². The number of nitrogens with zero attached hydrogens (tertiary/aromatic N) is 5. The Labute approximate surface area is 120 Å². The van der Waals surface area contributed by atoms with Crippen molar-refractivity contribution in [2.24, 2.45) is 7.05 Å². The number of hydrogen-bond acceptors (Lipinski definition) is 4. The Morgan fingerprint density at radius 3 is 2.85 bits per heavy atom. The summed E-state index contributed by atoms with van der Waals surface area (Å²) < 4.78 is 1.88. The fraction of sp³-hybridized carbons (Fsp3) is 0.733. The van der Waals surface area contributed by atoms with Gasteiger partial charge in [-0.05, 0) is 33.2 Å². The minimum Gasteiger partial charge on any atom is -0.350 e. The second-order valence-electron chi connectivity index (χ2n) is 6.17. The fourth-order valence-electron chi connectivity index (χ4n) is 3.75. The van der Waals surface area contributed by atoms with Crippen LogP contribution >= 0.6 is 0 Å². The topological polar surface area (TPSA) is 48.1 Å². The third-order valence-electron chi connectivity index (χ3n) is 4.76. The first kappa shape index (κ1) is 13.4. The summed E-state index contributed by atoms with van der Waals surface area (Å²) in [5.74, 6) is 1.00. The van der Waals surface area contributed by atoms with E-state index in [1.54, 1.807) is 0 Å². The Morgan fingerprint density at radius 1 is 1.30 bits per heavy atom. The molecule has 3 heterocycles. The molecule has 2 saturated heterocycles. The molecule has 0 amide bonds. The zero-order valence-corrected chi connectivity index (χ0v) is 12.6. The maximum absolute atomic E-state index is 9.42. The zero-order chi connectivity index (χ0) is 14.3. The maximum atomic E-state index is 9.42. The Kier molecular flexibility index (Phi) is 3.43. The van der Waals surface area contributed by atoms with Gasteiger partial charge in [0.1, 0.15) is 17.5 Å². The number of anilines is 1. The lowest BCUT2D eigenvalue weighted by Gasteiger charge is -2.48. The van der Waals surface area contributed by atoms with E-state index < -0.39 is 0 Å². The van der Waals surface area contributed by atoms with Gasteiger partial charge >= 0.3 is 0 Å². The van der Waals surface area contributed by atoms with E-state index in [2.05, 4.69) is 27.9 Å². The lowest BCUT2D eigenvalue weighted by molar-refractivity contribution is 0.115. The van der Waals surface area contributed by atoms with Gasteiger partial charge in [0.05, 0.1) is 5.69 Å². The summed E-state index contributed by atoms with van der Waals surface area (Å²) >= 11 is 0. The van der Waals surface area contributed by atoms with Crippen molar-refractivity contribution < 1.29 is 0 Å². The molecule has 20 heavy (non-hydrogen) atoms. The molecule has 0 saturated carbocycles. The standard InChI is InChI=1S/C15H23N5/c1-11-9-19-7-5-4-6-13(19)10-20(11)15-14(8-16)12(2)17-18(15)3/h11,13H,4-7,9-10H2,1-3H3. The molecule has 3 rings (SSSR count). The highest BCUT2D eigenvalue weighted by Gasteiger charge is 2.35. The van der Waals surface area contributed by atoms with E-state index in [9.17, 15) is 5.26 Å². The van der Waals surface area contributed by atoms with Crippen molar-refractivity contribution >= 4 is 5.82 Å². The Morgan fingerprint density at radius 2 is 2.10 bits per heavy atom. The summed E-state index contributed by atoms with van der Waals surface area (Å²) in [4.78, 5) is 5.02. The average molecular weight is 273 g/mol. The molecule has 0 spiro atoms. The summed E-state index contributed by atoms with van der Waals surface area (Å²) in [5, 5.41) is 13.9. The number of fused-ring (bicyclic) bond motifs is 1. The smallest absolute Gasteiger partial charge is 0.145 e. The maximum Gasteiger partial charge on any atom is 0.145 e. The van der Waals surface area contributed by atoms with Crippen LogP contribution in [0.25, 0.3) is 0 Å². The van der Waals surface area contributed by atoms with E-state index >= 15 is 0 Å². The van der Waals surface area contributed by atoms with Crippen molar-refractivity contribution in [3.8, 4) is 6.07 Å². The molecule has 2 atom stereocenters. The molecule has 0 bridgehead atoms. The number of piperidine rings is 1. The van der Waals surface area contributed by atoms with Crippen LogP contribution in [-0.4, -0.2) is 46.4 Å². The van der Waals surface area contributed by atoms with E-state index in [0.29, 0.717) is 12.1 Å². The van der Waals surface area contributed by atoms with Crippen LogP contribution in [0.1, 0.15) is 37.4 Å². The fourth-order valence-corrected chi connectivity index (χ4v) is 3.75. The Balaban J connectivity index is 1.92. The van der Waals surface area contributed by atoms with Crippen molar-refractivity contribution in [3.05, 3.63) is 11.3 Å². The molecule has 2 unspecified atom stereocenters. The minimum atomic E-state index is 0.436. The molecule has 2 aliphatic rings. The van der Waals surface area contributed by atoms with Crippen LogP contribution < -0.4 is 4.90 Å². The number of piperazine rings is 1. The third kappa shape index (κ3) is 2.08. The van der Waals surface area contributed by atoms with E-state index in [1.165, 1.54) is 25.8 Å². The van der Waals surface area contributed by atoms with Crippen LogP contribution in [0.5, 0.6) is 0 Å². The Hall–Kier alpha value is -1.54. The van der Waals surface area contributed by atoms with Gasteiger partial charge in [0.2, 0.25) is 0 Å². The van der Waals surface area contributed by atoms with Crippen LogP contribution in [0.4, 0.5) is 5.82 Å². The molecular formula is C15H23N5. The van der Waals surface area contributed by atoms with Crippen molar-refractivity contribution in [2.45, 2.75) is 45.2 Å². The Bertz CT molecular complexity index is 541. The summed E-state index contributed by atoms with van der Waals surface area (Å²) in [6.07, 6.45) is 3.94. The number of rotatable bonds is 1. The first-order chi connectivity index (χ1) is 9.61. The van der Waals surface area contributed by atoms with Crippen LogP contribution in [0.2, 0.25) is 0 Å². The van der Waals surface area contributed by atoms with Crippen LogP contribution in [-0.2, 0) is 7.05 Å². The predicted octanol–water partition coefficient (Wildman–Crippen LogP) is 1.66. The van der Waals surface area contributed by atoms with E-state index in [-0.39, 0.29) is 0 Å². The van der Waals surface area contributed by atoms with Gasteiger partial charge in [0, 0.05) is 32.2 Å². The molecule has 0 radical (unpaired) electrons. The first-order valence-electron chi connectivity index (χ1n) is 7.56. The number of aryl methyl sites for hydroxylation is 2. The lowest BCUT2D eigenvalue weighted by atomic mass is 9.97. The molecule has 108 valence electrons. The van der Waals surface area contributed by atoms with Gasteiger partial charge in [-0.2, -0.15) is 10.4 Å². The van der Waals surface area contributed by atoms with Gasteiger partial charge in [-0.3, -0.25) is 9.58 Å². The van der Waals surface area contributed by atoms with Gasteiger partial charge in [-0.1, -0.05) is 6.42 Å². The normalized spacial score (nSPS) is 27.2. The molecule has 0 N–H and O–H groups in total. The molecule has 5 nitrogen and oxygen atoms in total. The average Bonchev–Trinajstić information content (AvgIpc) is 2.72. The van der Waals surface area contributed by atoms with E-state index in [1.807, 2.05) is 18.7 Å². The minimum absolute atomic E-state index is 0.436. The van der Waals surface area contributed by atoms with Crippen molar-refractivity contribution in [1.82, 2.24) is 14.7 Å². The third-order valence-corrected chi connectivity index (χ3v) is 4.76. The van der Waals surface area contributed by atoms with Crippen molar-refractivity contribution in [3.63, 3.8) is 0 Å². The highest BCUT2D eigenvalue weighted by Crippen LogP contribution is 2.30. The van der Waals surface area contributed by atoms with E-state index in [0.717, 1.165) is 30.2 Å². The first-order valence-corrected chi connectivity index (χ1v) is 7.56. The molecule has 1 aromatic heterocycles. The predicted molar refractivity (Wildman–Crippen MR) is 78.7 cm³/mol. The highest BCUT2D eigenvalue weighted by atomic mass is 15.4. The molecule has 1 aromatic rings. The lowest BCUT2D eigenvalue weighted by Crippen LogP contribution is -2.59. The van der Waals surface area contributed by atoms with Crippen LogP contribution in [0.15, 0.2) is 0 Å². The molecule has 2 aliphatic heterocycles. The van der Waals surface area contributed by atoms with Gasteiger partial charge in [-0.15, -0.1) is 0 Å². The monoisotopic (exact) mass is 273 g/mol. The van der Waals surface area contributed by atoms with Crippen LogP contribution in [0, 0.1) is 18.3 Å². The largest absolute Gasteiger partial charge is 0.350 e. The van der Waals surface area contributed by atoms with Gasteiger partial charge < -0.3 is 4.90 Å². The highest BCUT2D eigenvalue weighted by molar-refractivity contribution is 5.58. The van der Waals surface area contributed by atoms with Gasteiger partial charge in [0.25, 0.3) is 0 Å². The summed E-state index contributed by atoms with van der Waals surface area (Å²) in [7, 11) is 1.95. The quantitative estimate of drug-likeness (QED) is 0.781. The molecule has 5 heteroatoms. The number of aromatic nitrogens is 2. The molecule has 0 aromatic carbocycles. The molecular weight excluding hydrogens is 250 g/mol. The second-order valence-corrected chi connectivity index (χ2v) is 6.17. The molecule has 2 fully saturated rings. The zero-order valence-electron chi connectivity index (χ0n) is 12.6. The SMILES string of the molecule is Cc1nn(C)c(N2CC3CCCCN3CC2C)c1C#N. The summed E-state index contributed by atoms with van der Waals surface area (Å²) in [6, 6.07) is 3.41. The summed E-state index contributed by atoms with van der Waals surface area (Å²) in [6.45, 7) is 7.53. The second kappa shape index (κ2) is 5.10. The van der Waals surface area contributed by atoms with E-state index in [4.69, 9.17) is 0 Å².